The van der Waals surface area contributed by atoms with Gasteiger partial charge in [0.2, 0.25) is 0 Å². The summed E-state index contributed by atoms with van der Waals surface area (Å²) in [5.41, 5.74) is 4.89. The molecule has 0 atom stereocenters. The predicted octanol–water partition coefficient (Wildman–Crippen LogP) is 0.579. The summed E-state index contributed by atoms with van der Waals surface area (Å²) in [6.45, 7) is 2.18. The summed E-state index contributed by atoms with van der Waals surface area (Å²) in [6.07, 6.45) is 16.7. The number of aromatic amines is 2. The van der Waals surface area contributed by atoms with E-state index < -0.39 is 0 Å². The lowest BCUT2D eigenvalue weighted by Gasteiger charge is -2.01. The van der Waals surface area contributed by atoms with E-state index in [2.05, 4.69) is 105 Å². The number of nitrogens with zero attached hydrogens (tertiary/aromatic N) is 2. The van der Waals surface area contributed by atoms with Gasteiger partial charge in [0.1, 0.15) is 24.1 Å². The molecule has 6 aromatic rings. The minimum atomic E-state index is 0. The Labute approximate surface area is 232 Å². The summed E-state index contributed by atoms with van der Waals surface area (Å²) in [6, 6.07) is 21.6. The zero-order valence-electron chi connectivity index (χ0n) is 20.4. The molecular weight excluding hydrogens is 576 g/mol. The molecule has 0 aliphatic rings. The summed E-state index contributed by atoms with van der Waals surface area (Å²) < 4.78 is 4.66. The van der Waals surface area contributed by atoms with Crippen LogP contribution in [0, 0.1) is 0 Å². The Bertz CT molecular complexity index is 1460. The number of H-pyrrole nitrogens is 2. The molecule has 0 radical (unpaired) electrons. The molecule has 4 heterocycles. The van der Waals surface area contributed by atoms with E-state index in [1.165, 1.54) is 82.1 Å². The van der Waals surface area contributed by atoms with E-state index in [0.29, 0.717) is 0 Å². The molecule has 2 aromatic carbocycles. The molecule has 0 unspecified atom stereocenters. The van der Waals surface area contributed by atoms with Gasteiger partial charge < -0.3 is 43.9 Å². The first kappa shape index (κ1) is 26.4. The lowest BCUT2D eigenvalue weighted by Crippen LogP contribution is -3.00. The van der Waals surface area contributed by atoms with Gasteiger partial charge in [-0.1, -0.05) is 49.2 Å². The summed E-state index contributed by atoms with van der Waals surface area (Å²) >= 11 is 0. The van der Waals surface area contributed by atoms with Crippen LogP contribution in [-0.2, 0) is 13.1 Å². The summed E-state index contributed by atoms with van der Waals surface area (Å²) in [7, 11) is 0. The van der Waals surface area contributed by atoms with Crippen molar-refractivity contribution < 1.29 is 43.1 Å². The first-order chi connectivity index (χ1) is 16.8. The van der Waals surface area contributed by atoms with E-state index in [-0.39, 0.29) is 34.0 Å². The third-order valence-electron chi connectivity index (χ3n) is 7.09. The zero-order chi connectivity index (χ0) is 22.7. The van der Waals surface area contributed by atoms with Crippen molar-refractivity contribution in [2.24, 2.45) is 0 Å². The van der Waals surface area contributed by atoms with Crippen LogP contribution in [0.25, 0.3) is 43.6 Å². The molecule has 2 N–H and O–H groups in total. The van der Waals surface area contributed by atoms with E-state index in [4.69, 9.17) is 0 Å². The summed E-state index contributed by atoms with van der Waals surface area (Å²) in [5.74, 6) is 0. The largest absolute Gasteiger partial charge is 1.00 e. The molecule has 36 heavy (non-hydrogen) atoms. The lowest BCUT2D eigenvalue weighted by atomic mass is 10.1. The van der Waals surface area contributed by atoms with Crippen molar-refractivity contribution in [2.75, 3.05) is 0 Å². The van der Waals surface area contributed by atoms with Crippen molar-refractivity contribution in [1.82, 2.24) is 9.97 Å². The number of aryl methyl sites for hydroxylation is 2. The fraction of sp³-hybridized carbons (Fsp3) is 0.267. The molecule has 0 saturated carbocycles. The van der Waals surface area contributed by atoms with E-state index in [1.54, 1.807) is 0 Å². The van der Waals surface area contributed by atoms with Crippen LogP contribution in [0.4, 0.5) is 0 Å². The molecule has 6 heteroatoms. The highest BCUT2D eigenvalue weighted by Crippen LogP contribution is 2.24. The van der Waals surface area contributed by atoms with Gasteiger partial charge in [-0.3, -0.25) is 0 Å². The molecular formula is C30H32Br2N4. The average Bonchev–Trinajstić information content (AvgIpc) is 3.43. The van der Waals surface area contributed by atoms with Crippen LogP contribution >= 0.6 is 0 Å². The average molecular weight is 608 g/mol. The third kappa shape index (κ3) is 5.50. The van der Waals surface area contributed by atoms with Gasteiger partial charge in [-0.25, -0.2) is 9.13 Å². The highest BCUT2D eigenvalue weighted by atomic mass is 79.9. The van der Waals surface area contributed by atoms with Gasteiger partial charge in [0.25, 0.3) is 0 Å². The highest BCUT2D eigenvalue weighted by molar-refractivity contribution is 6.07. The molecule has 0 aliphatic carbocycles. The van der Waals surface area contributed by atoms with Crippen LogP contribution in [0.1, 0.15) is 38.5 Å². The lowest BCUT2D eigenvalue weighted by molar-refractivity contribution is -0.696. The minimum absolute atomic E-state index is 0. The van der Waals surface area contributed by atoms with Crippen molar-refractivity contribution >= 4 is 43.6 Å². The van der Waals surface area contributed by atoms with Crippen LogP contribution in [0.2, 0.25) is 0 Å². The predicted molar refractivity (Wildman–Crippen MR) is 140 cm³/mol. The minimum Gasteiger partial charge on any atom is -1.00 e. The number of nitrogens with one attached hydrogen (secondary N) is 2. The van der Waals surface area contributed by atoms with Gasteiger partial charge in [-0.2, -0.15) is 0 Å². The van der Waals surface area contributed by atoms with Crippen molar-refractivity contribution in [2.45, 2.75) is 51.6 Å². The van der Waals surface area contributed by atoms with E-state index in [1.807, 2.05) is 0 Å². The van der Waals surface area contributed by atoms with Crippen molar-refractivity contribution in [1.29, 1.82) is 0 Å². The van der Waals surface area contributed by atoms with Crippen molar-refractivity contribution in [3.63, 3.8) is 0 Å². The van der Waals surface area contributed by atoms with Gasteiger partial charge >= 0.3 is 0 Å². The number of unbranched alkanes of at least 4 members (excludes halogenated alkanes) is 5. The molecule has 0 aliphatic heterocycles. The number of benzene rings is 2. The molecule has 4 nitrogen and oxygen atoms in total. The van der Waals surface area contributed by atoms with Crippen LogP contribution in [0.5, 0.6) is 0 Å². The smallest absolute Gasteiger partial charge is 0.193 e. The number of fused-ring (bicyclic) bond motifs is 6. The topological polar surface area (TPSA) is 39.3 Å². The van der Waals surface area contributed by atoms with Crippen LogP contribution < -0.4 is 43.1 Å². The monoisotopic (exact) mass is 606 g/mol. The fourth-order valence-corrected chi connectivity index (χ4v) is 5.26. The molecule has 0 amide bonds. The van der Waals surface area contributed by atoms with Gasteiger partial charge in [0, 0.05) is 57.6 Å². The second-order valence-electron chi connectivity index (χ2n) is 9.48. The number of pyridine rings is 2. The Kier molecular flexibility index (Phi) is 8.81. The van der Waals surface area contributed by atoms with E-state index in [9.17, 15) is 0 Å². The SMILES string of the molecule is [Br-].[Br-].c1ccc2c(c1)[nH]c1c[n+](CCCCCCCC[n+]3ccc4c(c3)[nH]c3ccccc34)ccc12. The number of halogens is 2. The number of hydrogen-bond acceptors (Lipinski definition) is 0. The molecule has 0 spiro atoms. The Hall–Kier alpha value is -2.70. The number of hydrogen-bond donors (Lipinski definition) is 2. The van der Waals surface area contributed by atoms with Gasteiger partial charge in [0.15, 0.2) is 24.8 Å². The van der Waals surface area contributed by atoms with Gasteiger partial charge in [0.05, 0.1) is 0 Å². The maximum atomic E-state index is 3.55. The molecule has 0 fully saturated rings. The quantitative estimate of drug-likeness (QED) is 0.178. The number of rotatable bonds is 9. The maximum absolute atomic E-state index is 3.55. The van der Waals surface area contributed by atoms with Crippen LogP contribution in [0.15, 0.2) is 85.5 Å². The second kappa shape index (κ2) is 12.0. The van der Waals surface area contributed by atoms with E-state index >= 15 is 0 Å². The fourth-order valence-electron chi connectivity index (χ4n) is 5.26. The van der Waals surface area contributed by atoms with Crippen molar-refractivity contribution in [3.05, 3.63) is 85.5 Å². The third-order valence-corrected chi connectivity index (χ3v) is 7.09. The number of aromatic nitrogens is 4. The van der Waals surface area contributed by atoms with Crippen LogP contribution in [-0.4, -0.2) is 9.97 Å². The van der Waals surface area contributed by atoms with Gasteiger partial charge in [-0.05, 0) is 25.0 Å². The highest BCUT2D eigenvalue weighted by Gasteiger charge is 2.10. The zero-order valence-corrected chi connectivity index (χ0v) is 23.6. The van der Waals surface area contributed by atoms with Crippen molar-refractivity contribution in [3.8, 4) is 0 Å². The molecule has 186 valence electrons. The first-order valence-electron chi connectivity index (χ1n) is 12.6. The standard InChI is InChI=1S/C30H30N4.2BrH/c1(3-9-17-33-19-15-25-23-11-5-7-13-27(23)31-29(25)21-33)2-4-10-18-34-20-16-26-24-12-6-8-14-28(24)32-30(26)22-34;;/h5-8,11-16,19-22H,1-4,9-10,17-18H2;2*1H. The molecule has 0 saturated heterocycles. The molecule has 0 bridgehead atoms. The Morgan fingerprint density at radius 2 is 0.833 bits per heavy atom. The maximum Gasteiger partial charge on any atom is 0.193 e. The first-order valence-corrected chi connectivity index (χ1v) is 12.6. The Balaban J connectivity index is 0.00000152. The Morgan fingerprint density at radius 1 is 0.444 bits per heavy atom. The Morgan fingerprint density at radius 3 is 1.31 bits per heavy atom. The van der Waals surface area contributed by atoms with E-state index in [0.717, 1.165) is 13.1 Å². The summed E-state index contributed by atoms with van der Waals surface area (Å²) in [4.78, 5) is 7.10. The number of para-hydroxylation sites is 2. The molecule has 4 aromatic heterocycles. The summed E-state index contributed by atoms with van der Waals surface area (Å²) in [5, 5.41) is 5.25. The van der Waals surface area contributed by atoms with Gasteiger partial charge in [-0.15, -0.1) is 0 Å². The molecule has 6 rings (SSSR count). The normalized spacial score (nSPS) is 11.2. The van der Waals surface area contributed by atoms with Crippen LogP contribution in [0.3, 0.4) is 0 Å². The second-order valence-corrected chi connectivity index (χ2v) is 9.48.